The Labute approximate surface area is 148 Å². The van der Waals surface area contributed by atoms with E-state index in [0.29, 0.717) is 24.9 Å². The SMILES string of the molecule is O=C(NC(CC(F)(F)F)C(=O)O)C1CCCN(C(=O)c2ccccc2)C1. The van der Waals surface area contributed by atoms with E-state index < -0.39 is 36.4 Å². The number of hydrogen-bond acceptors (Lipinski definition) is 3. The molecule has 1 fully saturated rings. The lowest BCUT2D eigenvalue weighted by molar-refractivity contribution is -0.160. The van der Waals surface area contributed by atoms with E-state index >= 15 is 0 Å². The summed E-state index contributed by atoms with van der Waals surface area (Å²) in [4.78, 5) is 37.1. The predicted octanol–water partition coefficient (Wildman–Crippen LogP) is 2.06. The lowest BCUT2D eigenvalue weighted by Crippen LogP contribution is -2.50. The van der Waals surface area contributed by atoms with Crippen LogP contribution in [0.2, 0.25) is 0 Å². The molecule has 2 unspecified atom stereocenters. The maximum absolute atomic E-state index is 12.4. The molecule has 26 heavy (non-hydrogen) atoms. The fourth-order valence-electron chi connectivity index (χ4n) is 2.86. The number of nitrogens with one attached hydrogen (secondary N) is 1. The summed E-state index contributed by atoms with van der Waals surface area (Å²) in [5, 5.41) is 10.8. The van der Waals surface area contributed by atoms with Crippen molar-refractivity contribution < 1.29 is 32.7 Å². The summed E-state index contributed by atoms with van der Waals surface area (Å²) in [5.41, 5.74) is 0.453. The molecule has 2 rings (SSSR count). The highest BCUT2D eigenvalue weighted by Gasteiger charge is 2.38. The third-order valence-electron chi connectivity index (χ3n) is 4.15. The number of rotatable bonds is 5. The Morgan fingerprint density at radius 2 is 1.88 bits per heavy atom. The molecule has 1 saturated heterocycles. The van der Waals surface area contributed by atoms with E-state index in [-0.39, 0.29) is 12.5 Å². The summed E-state index contributed by atoms with van der Waals surface area (Å²) in [6, 6.07) is 6.40. The Kier molecular flexibility index (Phi) is 6.23. The molecule has 2 amide bonds. The van der Waals surface area contributed by atoms with Crippen LogP contribution >= 0.6 is 0 Å². The normalized spacial score (nSPS) is 18.9. The number of likely N-dealkylation sites (tertiary alicyclic amines) is 1. The van der Waals surface area contributed by atoms with Crippen molar-refractivity contribution >= 4 is 17.8 Å². The van der Waals surface area contributed by atoms with Gasteiger partial charge in [-0.2, -0.15) is 13.2 Å². The largest absolute Gasteiger partial charge is 0.480 e. The first kappa shape index (κ1) is 19.7. The van der Waals surface area contributed by atoms with Crippen molar-refractivity contribution in [3.05, 3.63) is 35.9 Å². The Balaban J connectivity index is 2.00. The van der Waals surface area contributed by atoms with Crippen molar-refractivity contribution in [1.82, 2.24) is 10.2 Å². The van der Waals surface area contributed by atoms with Gasteiger partial charge in [0.2, 0.25) is 5.91 Å². The number of carboxylic acids is 1. The first-order valence-corrected chi connectivity index (χ1v) is 8.11. The van der Waals surface area contributed by atoms with Crippen LogP contribution in [0.5, 0.6) is 0 Å². The molecule has 9 heteroatoms. The van der Waals surface area contributed by atoms with Gasteiger partial charge in [0.25, 0.3) is 5.91 Å². The molecule has 1 aliphatic heterocycles. The number of carboxylic acid groups (broad SMARTS) is 1. The second kappa shape index (κ2) is 8.20. The molecule has 142 valence electrons. The molecular formula is C17H19F3N2O4. The number of hydrogen-bond donors (Lipinski definition) is 2. The van der Waals surface area contributed by atoms with Crippen LogP contribution in [0.4, 0.5) is 13.2 Å². The minimum atomic E-state index is -4.71. The molecular weight excluding hydrogens is 353 g/mol. The van der Waals surface area contributed by atoms with Gasteiger partial charge in [-0.15, -0.1) is 0 Å². The van der Waals surface area contributed by atoms with Gasteiger partial charge in [-0.05, 0) is 25.0 Å². The number of carbonyl (C=O) groups is 3. The molecule has 2 atom stereocenters. The highest BCUT2D eigenvalue weighted by Crippen LogP contribution is 2.23. The summed E-state index contributed by atoms with van der Waals surface area (Å²) < 4.78 is 37.3. The summed E-state index contributed by atoms with van der Waals surface area (Å²) >= 11 is 0. The van der Waals surface area contributed by atoms with Crippen molar-refractivity contribution in [2.75, 3.05) is 13.1 Å². The van der Waals surface area contributed by atoms with Crippen LogP contribution in [0.3, 0.4) is 0 Å². The summed E-state index contributed by atoms with van der Waals surface area (Å²) in [6.45, 7) is 0.473. The van der Waals surface area contributed by atoms with Gasteiger partial charge < -0.3 is 15.3 Å². The van der Waals surface area contributed by atoms with Crippen LogP contribution in [0.1, 0.15) is 29.6 Å². The molecule has 1 aliphatic rings. The van der Waals surface area contributed by atoms with E-state index in [2.05, 4.69) is 0 Å². The minimum absolute atomic E-state index is 0.0396. The molecule has 0 bridgehead atoms. The number of alkyl halides is 3. The molecule has 0 aliphatic carbocycles. The van der Waals surface area contributed by atoms with E-state index in [1.165, 1.54) is 4.90 Å². The topological polar surface area (TPSA) is 86.7 Å². The van der Waals surface area contributed by atoms with Crippen LogP contribution < -0.4 is 5.32 Å². The van der Waals surface area contributed by atoms with Gasteiger partial charge in [0.1, 0.15) is 6.04 Å². The molecule has 0 aromatic heterocycles. The summed E-state index contributed by atoms with van der Waals surface area (Å²) in [6.07, 6.45) is -5.47. The fraction of sp³-hybridized carbons (Fsp3) is 0.471. The van der Waals surface area contributed by atoms with Crippen LogP contribution in [0.15, 0.2) is 30.3 Å². The van der Waals surface area contributed by atoms with Gasteiger partial charge in [0.15, 0.2) is 0 Å². The average molecular weight is 372 g/mol. The van der Waals surface area contributed by atoms with Crippen molar-refractivity contribution in [2.45, 2.75) is 31.5 Å². The molecule has 0 spiro atoms. The number of benzene rings is 1. The quantitative estimate of drug-likeness (QED) is 0.828. The number of amides is 2. The van der Waals surface area contributed by atoms with Crippen LogP contribution in [0, 0.1) is 5.92 Å². The van der Waals surface area contributed by atoms with Gasteiger partial charge in [-0.25, -0.2) is 4.79 Å². The van der Waals surface area contributed by atoms with Crippen LogP contribution in [-0.2, 0) is 9.59 Å². The van der Waals surface area contributed by atoms with Gasteiger partial charge in [0.05, 0.1) is 12.3 Å². The lowest BCUT2D eigenvalue weighted by atomic mass is 9.96. The lowest BCUT2D eigenvalue weighted by Gasteiger charge is -2.32. The Morgan fingerprint density at radius 1 is 1.23 bits per heavy atom. The second-order valence-electron chi connectivity index (χ2n) is 6.18. The van der Waals surface area contributed by atoms with E-state index in [4.69, 9.17) is 5.11 Å². The predicted molar refractivity (Wildman–Crippen MR) is 85.3 cm³/mol. The molecule has 0 radical (unpaired) electrons. The smallest absolute Gasteiger partial charge is 0.391 e. The Bertz CT molecular complexity index is 664. The fourth-order valence-corrected chi connectivity index (χ4v) is 2.86. The molecule has 1 heterocycles. The van der Waals surface area contributed by atoms with Gasteiger partial charge in [-0.1, -0.05) is 18.2 Å². The zero-order chi connectivity index (χ0) is 19.3. The average Bonchev–Trinajstić information content (AvgIpc) is 2.60. The third kappa shape index (κ3) is 5.47. The summed E-state index contributed by atoms with van der Waals surface area (Å²) in [5.74, 6) is -3.55. The molecule has 2 N–H and O–H groups in total. The highest BCUT2D eigenvalue weighted by molar-refractivity contribution is 5.94. The van der Waals surface area contributed by atoms with Crippen molar-refractivity contribution in [2.24, 2.45) is 5.92 Å². The molecule has 0 saturated carbocycles. The van der Waals surface area contributed by atoms with E-state index in [0.717, 1.165) is 0 Å². The van der Waals surface area contributed by atoms with Gasteiger partial charge >= 0.3 is 12.1 Å². The van der Waals surface area contributed by atoms with E-state index in [1.54, 1.807) is 30.3 Å². The maximum Gasteiger partial charge on any atom is 0.391 e. The minimum Gasteiger partial charge on any atom is -0.480 e. The molecule has 1 aromatic carbocycles. The summed E-state index contributed by atoms with van der Waals surface area (Å²) in [7, 11) is 0. The zero-order valence-electron chi connectivity index (χ0n) is 13.8. The number of carbonyl (C=O) groups excluding carboxylic acids is 2. The highest BCUT2D eigenvalue weighted by atomic mass is 19.4. The second-order valence-corrected chi connectivity index (χ2v) is 6.18. The van der Waals surface area contributed by atoms with Crippen LogP contribution in [0.25, 0.3) is 0 Å². The van der Waals surface area contributed by atoms with Crippen LogP contribution in [-0.4, -0.2) is 53.1 Å². The van der Waals surface area contributed by atoms with Crippen molar-refractivity contribution in [3.63, 3.8) is 0 Å². The number of halogens is 3. The molecule has 1 aromatic rings. The zero-order valence-corrected chi connectivity index (χ0v) is 13.8. The van der Waals surface area contributed by atoms with Crippen molar-refractivity contribution in [1.29, 1.82) is 0 Å². The Morgan fingerprint density at radius 3 is 2.46 bits per heavy atom. The van der Waals surface area contributed by atoms with Gasteiger partial charge in [0, 0.05) is 18.7 Å². The van der Waals surface area contributed by atoms with Gasteiger partial charge in [-0.3, -0.25) is 9.59 Å². The van der Waals surface area contributed by atoms with Crippen molar-refractivity contribution in [3.8, 4) is 0 Å². The van der Waals surface area contributed by atoms with E-state index in [9.17, 15) is 27.6 Å². The standard InChI is InChI=1S/C17H19F3N2O4/c18-17(19,20)9-13(16(25)26)21-14(23)12-7-4-8-22(10-12)15(24)11-5-2-1-3-6-11/h1-3,5-6,12-13H,4,7-10H2,(H,21,23)(H,25,26). The first-order valence-electron chi connectivity index (χ1n) is 8.11. The maximum atomic E-state index is 12.4. The number of aliphatic carboxylic acids is 1. The molecule has 6 nitrogen and oxygen atoms in total. The monoisotopic (exact) mass is 372 g/mol. The Hall–Kier alpha value is -2.58. The number of piperidine rings is 1. The van der Waals surface area contributed by atoms with E-state index in [1.807, 2.05) is 5.32 Å². The first-order chi connectivity index (χ1) is 12.2. The number of nitrogens with zero attached hydrogens (tertiary/aromatic N) is 1. The third-order valence-corrected chi connectivity index (χ3v) is 4.15.